The maximum absolute atomic E-state index is 12.6. The molecule has 0 aliphatic carbocycles. The molecule has 3 rings (SSSR count). The summed E-state index contributed by atoms with van der Waals surface area (Å²) in [5, 5.41) is 3.13. The van der Waals surface area contributed by atoms with Gasteiger partial charge in [-0.15, -0.1) is 24.8 Å². The van der Waals surface area contributed by atoms with E-state index in [0.29, 0.717) is 25.6 Å². The van der Waals surface area contributed by atoms with Gasteiger partial charge < -0.3 is 19.4 Å². The molecule has 1 unspecified atom stereocenters. The highest BCUT2D eigenvalue weighted by molar-refractivity contribution is 5.85. The summed E-state index contributed by atoms with van der Waals surface area (Å²) in [6.45, 7) is 6.52. The minimum Gasteiger partial charge on any atom is -0.442 e. The lowest BCUT2D eigenvalue weighted by atomic mass is 10.0. The molecule has 29 heavy (non-hydrogen) atoms. The zero-order valence-electron chi connectivity index (χ0n) is 17.2. The van der Waals surface area contributed by atoms with Crippen LogP contribution in [-0.2, 0) is 9.53 Å². The van der Waals surface area contributed by atoms with Gasteiger partial charge in [0.15, 0.2) is 0 Å². The maximum atomic E-state index is 12.6. The maximum Gasteiger partial charge on any atom is 0.237 e. The normalized spacial score (nSPS) is 15.9. The lowest BCUT2D eigenvalue weighted by Gasteiger charge is -2.22. The molecule has 0 bridgehead atoms. The molecule has 0 radical (unpaired) electrons. The molecule has 1 aromatic carbocycles. The van der Waals surface area contributed by atoms with E-state index in [4.69, 9.17) is 14.1 Å². The largest absolute Gasteiger partial charge is 0.442 e. The molecule has 0 saturated carbocycles. The Hall–Kier alpha value is -1.60. The summed E-state index contributed by atoms with van der Waals surface area (Å²) in [6, 6.07) is 10.0. The third-order valence-electron chi connectivity index (χ3n) is 4.86. The van der Waals surface area contributed by atoms with Gasteiger partial charge in [0, 0.05) is 31.7 Å². The van der Waals surface area contributed by atoms with Crippen LogP contribution in [0.15, 0.2) is 34.7 Å². The number of hydrogen-bond acceptors (Lipinski definition) is 5. The Morgan fingerprint density at radius 1 is 1.31 bits per heavy atom. The highest BCUT2D eigenvalue weighted by Gasteiger charge is 2.34. The Morgan fingerprint density at radius 2 is 2.03 bits per heavy atom. The summed E-state index contributed by atoms with van der Waals surface area (Å²) >= 11 is 0. The number of carbonyl (C=O) groups excluding carboxylic acids is 1. The van der Waals surface area contributed by atoms with E-state index in [-0.39, 0.29) is 42.7 Å². The number of oxazole rings is 1. The van der Waals surface area contributed by atoms with Crippen molar-refractivity contribution in [3.8, 4) is 11.3 Å². The number of benzene rings is 1. The molecule has 1 aromatic heterocycles. The van der Waals surface area contributed by atoms with Crippen molar-refractivity contribution < 1.29 is 13.9 Å². The number of ether oxygens (including phenoxy) is 1. The van der Waals surface area contributed by atoms with Crippen LogP contribution in [0.5, 0.6) is 0 Å². The van der Waals surface area contributed by atoms with Gasteiger partial charge in [0.2, 0.25) is 11.8 Å². The van der Waals surface area contributed by atoms with Crippen molar-refractivity contribution >= 4 is 30.7 Å². The molecule has 1 atom stereocenters. The first-order valence-electron chi connectivity index (χ1n) is 9.67. The predicted molar refractivity (Wildman–Crippen MR) is 119 cm³/mol. The van der Waals surface area contributed by atoms with E-state index in [2.05, 4.69) is 19.2 Å². The van der Waals surface area contributed by atoms with E-state index in [0.717, 1.165) is 36.4 Å². The highest BCUT2D eigenvalue weighted by atomic mass is 35.5. The summed E-state index contributed by atoms with van der Waals surface area (Å²) in [7, 11) is 1.65. The second-order valence-electron chi connectivity index (χ2n) is 7.20. The minimum absolute atomic E-state index is 0. The van der Waals surface area contributed by atoms with Gasteiger partial charge in [-0.3, -0.25) is 4.79 Å². The Labute approximate surface area is 185 Å². The monoisotopic (exact) mass is 443 g/mol. The van der Waals surface area contributed by atoms with E-state index in [1.165, 1.54) is 0 Å². The van der Waals surface area contributed by atoms with E-state index < -0.39 is 0 Å². The summed E-state index contributed by atoms with van der Waals surface area (Å²) in [5.41, 5.74) is 1.94. The standard InChI is InChI=1S/C21H29N3O3.2ClH/c1-15(2)20-19(16-8-5-4-6-9-16)23-21(27-20)17-10-7-12-24(17)18(25)14-22-11-13-26-3;;/h4-6,8-9,15,17,22H,7,10-14H2,1-3H3;2*1H. The zero-order chi connectivity index (χ0) is 19.2. The van der Waals surface area contributed by atoms with E-state index in [9.17, 15) is 4.79 Å². The number of nitrogens with zero attached hydrogens (tertiary/aromatic N) is 2. The number of rotatable bonds is 8. The fourth-order valence-corrected chi connectivity index (χ4v) is 3.48. The Morgan fingerprint density at radius 3 is 2.69 bits per heavy atom. The number of amides is 1. The predicted octanol–water partition coefficient (Wildman–Crippen LogP) is 4.21. The van der Waals surface area contributed by atoms with Crippen LogP contribution >= 0.6 is 24.8 Å². The first-order chi connectivity index (χ1) is 13.1. The number of halogens is 2. The molecule has 1 saturated heterocycles. The summed E-state index contributed by atoms with van der Waals surface area (Å²) in [4.78, 5) is 19.4. The lowest BCUT2D eigenvalue weighted by molar-refractivity contribution is -0.131. The number of methoxy groups -OCH3 is 1. The van der Waals surface area contributed by atoms with Gasteiger partial charge in [0.25, 0.3) is 0 Å². The fourth-order valence-electron chi connectivity index (χ4n) is 3.48. The van der Waals surface area contributed by atoms with Crippen molar-refractivity contribution in [2.75, 3.05) is 33.4 Å². The molecule has 1 aliphatic heterocycles. The van der Waals surface area contributed by atoms with Gasteiger partial charge in [0.05, 0.1) is 13.2 Å². The van der Waals surface area contributed by atoms with E-state index >= 15 is 0 Å². The van der Waals surface area contributed by atoms with Crippen LogP contribution in [0.2, 0.25) is 0 Å². The number of carbonyl (C=O) groups is 1. The van der Waals surface area contributed by atoms with Gasteiger partial charge >= 0.3 is 0 Å². The molecule has 1 N–H and O–H groups in total. The first kappa shape index (κ1) is 25.4. The molecule has 1 fully saturated rings. The zero-order valence-corrected chi connectivity index (χ0v) is 18.9. The quantitative estimate of drug-likeness (QED) is 0.618. The lowest BCUT2D eigenvalue weighted by Crippen LogP contribution is -2.38. The van der Waals surface area contributed by atoms with Crippen LogP contribution in [0.3, 0.4) is 0 Å². The summed E-state index contributed by atoms with van der Waals surface area (Å²) < 4.78 is 11.2. The van der Waals surface area contributed by atoms with Crippen molar-refractivity contribution in [3.05, 3.63) is 42.0 Å². The van der Waals surface area contributed by atoms with Gasteiger partial charge in [-0.25, -0.2) is 4.98 Å². The Kier molecular flexibility index (Phi) is 10.7. The molecule has 6 nitrogen and oxygen atoms in total. The third-order valence-corrected chi connectivity index (χ3v) is 4.86. The van der Waals surface area contributed by atoms with Crippen molar-refractivity contribution in [2.24, 2.45) is 0 Å². The molecular weight excluding hydrogens is 413 g/mol. The van der Waals surface area contributed by atoms with Gasteiger partial charge in [-0.1, -0.05) is 44.2 Å². The molecule has 1 amide bonds. The van der Waals surface area contributed by atoms with Gasteiger partial charge in [0.1, 0.15) is 17.5 Å². The number of likely N-dealkylation sites (tertiary alicyclic amines) is 1. The molecule has 2 heterocycles. The molecule has 162 valence electrons. The molecular formula is C21H31Cl2N3O3. The van der Waals surface area contributed by atoms with Crippen LogP contribution in [0.25, 0.3) is 11.3 Å². The van der Waals surface area contributed by atoms with E-state index in [1.54, 1.807) is 7.11 Å². The average molecular weight is 444 g/mol. The molecule has 1 aliphatic rings. The number of nitrogens with one attached hydrogen (secondary N) is 1. The summed E-state index contributed by atoms with van der Waals surface area (Å²) in [5.74, 6) is 1.84. The average Bonchev–Trinajstić information content (AvgIpc) is 3.32. The molecule has 2 aromatic rings. The van der Waals surface area contributed by atoms with Gasteiger partial charge in [-0.2, -0.15) is 0 Å². The van der Waals surface area contributed by atoms with Crippen LogP contribution in [0.1, 0.15) is 50.3 Å². The second kappa shape index (κ2) is 12.2. The summed E-state index contributed by atoms with van der Waals surface area (Å²) in [6.07, 6.45) is 1.85. The smallest absolute Gasteiger partial charge is 0.237 e. The van der Waals surface area contributed by atoms with Gasteiger partial charge in [-0.05, 0) is 12.8 Å². The van der Waals surface area contributed by atoms with Crippen molar-refractivity contribution in [1.29, 1.82) is 0 Å². The van der Waals surface area contributed by atoms with E-state index in [1.807, 2.05) is 35.2 Å². The first-order valence-corrected chi connectivity index (χ1v) is 9.67. The van der Waals surface area contributed by atoms with Crippen molar-refractivity contribution in [2.45, 2.75) is 38.6 Å². The SMILES string of the molecule is COCCNCC(=O)N1CCCC1c1nc(-c2ccccc2)c(C(C)C)o1.Cl.Cl. The topological polar surface area (TPSA) is 67.6 Å². The van der Waals surface area contributed by atoms with Crippen molar-refractivity contribution in [1.82, 2.24) is 15.2 Å². The molecule has 8 heteroatoms. The Bertz CT molecular complexity index is 753. The Balaban J connectivity index is 0.00000210. The second-order valence-corrected chi connectivity index (χ2v) is 7.20. The number of aromatic nitrogens is 1. The third kappa shape index (κ3) is 6.19. The highest BCUT2D eigenvalue weighted by Crippen LogP contribution is 2.37. The minimum atomic E-state index is -0.0864. The van der Waals surface area contributed by atoms with Crippen LogP contribution in [0, 0.1) is 0 Å². The van der Waals surface area contributed by atoms with Crippen LogP contribution < -0.4 is 5.32 Å². The van der Waals surface area contributed by atoms with Crippen molar-refractivity contribution in [3.63, 3.8) is 0 Å². The fraction of sp³-hybridized carbons (Fsp3) is 0.524. The van der Waals surface area contributed by atoms with Crippen LogP contribution in [0.4, 0.5) is 0 Å². The van der Waals surface area contributed by atoms with Crippen LogP contribution in [-0.4, -0.2) is 49.1 Å². The number of hydrogen-bond donors (Lipinski definition) is 1. The molecule has 0 spiro atoms.